The highest BCUT2D eigenvalue weighted by Crippen LogP contribution is 2.35. The van der Waals surface area contributed by atoms with E-state index in [4.69, 9.17) is 26.2 Å². The third-order valence-corrected chi connectivity index (χ3v) is 2.17. The topological polar surface area (TPSA) is 55.8 Å². The van der Waals surface area contributed by atoms with Gasteiger partial charge in [-0.05, 0) is 26.0 Å². The fourth-order valence-electron chi connectivity index (χ4n) is 1.30. The van der Waals surface area contributed by atoms with Crippen LogP contribution in [-0.2, 0) is 0 Å². The van der Waals surface area contributed by atoms with Crippen LogP contribution in [0.5, 0.6) is 11.5 Å². The number of hydrogen-bond donors (Lipinski definition) is 1. The van der Waals surface area contributed by atoms with Crippen molar-refractivity contribution in [3.05, 3.63) is 22.7 Å². The molecule has 1 rings (SSSR count). The zero-order valence-corrected chi connectivity index (χ0v) is 9.87. The van der Waals surface area contributed by atoms with Crippen LogP contribution in [0.4, 0.5) is 0 Å². The van der Waals surface area contributed by atoms with E-state index < -0.39 is 5.97 Å². The third kappa shape index (κ3) is 2.58. The Morgan fingerprint density at radius 1 is 1.31 bits per heavy atom. The molecule has 0 heterocycles. The van der Waals surface area contributed by atoms with Crippen LogP contribution in [0.15, 0.2) is 12.1 Å². The second-order valence-electron chi connectivity index (χ2n) is 2.92. The van der Waals surface area contributed by atoms with Crippen molar-refractivity contribution in [1.82, 2.24) is 0 Å². The first-order valence-corrected chi connectivity index (χ1v) is 5.31. The monoisotopic (exact) mass is 244 g/mol. The van der Waals surface area contributed by atoms with Gasteiger partial charge in [-0.15, -0.1) is 0 Å². The molecule has 0 aromatic heterocycles. The van der Waals surface area contributed by atoms with Crippen molar-refractivity contribution in [2.24, 2.45) is 0 Å². The van der Waals surface area contributed by atoms with Gasteiger partial charge in [-0.25, -0.2) is 4.79 Å². The molecular weight excluding hydrogens is 232 g/mol. The molecule has 88 valence electrons. The molecule has 16 heavy (non-hydrogen) atoms. The summed E-state index contributed by atoms with van der Waals surface area (Å²) in [6.07, 6.45) is 0. The van der Waals surface area contributed by atoms with Gasteiger partial charge in [0.2, 0.25) is 0 Å². The predicted octanol–water partition coefficient (Wildman–Crippen LogP) is 2.84. The minimum Gasteiger partial charge on any atom is -0.493 e. The van der Waals surface area contributed by atoms with Crippen LogP contribution in [0.1, 0.15) is 24.2 Å². The highest BCUT2D eigenvalue weighted by atomic mass is 35.5. The lowest BCUT2D eigenvalue weighted by Gasteiger charge is -2.13. The molecule has 4 nitrogen and oxygen atoms in total. The molecule has 1 N–H and O–H groups in total. The Hall–Kier alpha value is -1.42. The van der Waals surface area contributed by atoms with E-state index in [1.54, 1.807) is 19.9 Å². The normalized spacial score (nSPS) is 9.94. The summed E-state index contributed by atoms with van der Waals surface area (Å²) in [6.45, 7) is 4.26. The highest BCUT2D eigenvalue weighted by molar-refractivity contribution is 6.32. The number of carboxylic acid groups (broad SMARTS) is 1. The Labute approximate surface area is 98.7 Å². The van der Waals surface area contributed by atoms with E-state index in [0.29, 0.717) is 13.2 Å². The number of aromatic carboxylic acids is 1. The maximum Gasteiger partial charge on any atom is 0.343 e. The van der Waals surface area contributed by atoms with Gasteiger partial charge in [0.05, 0.1) is 18.2 Å². The van der Waals surface area contributed by atoms with Gasteiger partial charge >= 0.3 is 5.97 Å². The molecule has 0 aliphatic heterocycles. The van der Waals surface area contributed by atoms with Gasteiger partial charge in [-0.2, -0.15) is 0 Å². The molecule has 1 aromatic carbocycles. The van der Waals surface area contributed by atoms with Crippen LogP contribution in [-0.4, -0.2) is 24.3 Å². The van der Waals surface area contributed by atoms with Crippen LogP contribution >= 0.6 is 11.6 Å². The summed E-state index contributed by atoms with van der Waals surface area (Å²) in [5.74, 6) is -0.695. The van der Waals surface area contributed by atoms with Crippen molar-refractivity contribution in [2.45, 2.75) is 13.8 Å². The lowest BCUT2D eigenvalue weighted by molar-refractivity contribution is 0.0688. The molecule has 0 aliphatic carbocycles. The quantitative estimate of drug-likeness (QED) is 0.865. The van der Waals surface area contributed by atoms with Gasteiger partial charge in [0.15, 0.2) is 5.75 Å². The molecule has 0 saturated carbocycles. The van der Waals surface area contributed by atoms with Gasteiger partial charge in [-0.3, -0.25) is 0 Å². The molecular formula is C11H13ClO4. The molecule has 0 saturated heterocycles. The van der Waals surface area contributed by atoms with E-state index in [9.17, 15) is 4.79 Å². The standard InChI is InChI=1S/C11H13ClO4/c1-3-15-8-6-5-7(12)10(16-4-2)9(8)11(13)14/h5-6H,3-4H2,1-2H3,(H,13,14). The van der Waals surface area contributed by atoms with E-state index in [-0.39, 0.29) is 22.1 Å². The number of carboxylic acids is 1. The average Bonchev–Trinajstić information content (AvgIpc) is 2.23. The van der Waals surface area contributed by atoms with Crippen molar-refractivity contribution < 1.29 is 19.4 Å². The number of halogens is 1. The smallest absolute Gasteiger partial charge is 0.343 e. The number of carbonyl (C=O) groups is 1. The van der Waals surface area contributed by atoms with Crippen LogP contribution in [0.3, 0.4) is 0 Å². The molecule has 0 unspecified atom stereocenters. The predicted molar refractivity (Wildman–Crippen MR) is 60.7 cm³/mol. The second-order valence-corrected chi connectivity index (χ2v) is 3.33. The molecule has 0 spiro atoms. The van der Waals surface area contributed by atoms with Gasteiger partial charge in [-0.1, -0.05) is 11.6 Å². The molecule has 0 aliphatic rings. The molecule has 0 atom stereocenters. The first-order chi connectivity index (χ1) is 7.61. The van der Waals surface area contributed by atoms with Crippen molar-refractivity contribution in [3.63, 3.8) is 0 Å². The Bertz CT molecular complexity index is 390. The lowest BCUT2D eigenvalue weighted by Crippen LogP contribution is -2.07. The summed E-state index contributed by atoms with van der Waals surface area (Å²) in [6, 6.07) is 3.09. The van der Waals surface area contributed by atoms with Gasteiger partial charge in [0, 0.05) is 0 Å². The fraction of sp³-hybridized carbons (Fsp3) is 0.364. The molecule has 5 heteroatoms. The van der Waals surface area contributed by atoms with E-state index in [2.05, 4.69) is 0 Å². The van der Waals surface area contributed by atoms with E-state index in [1.807, 2.05) is 0 Å². The van der Waals surface area contributed by atoms with Crippen molar-refractivity contribution in [3.8, 4) is 11.5 Å². The summed E-state index contributed by atoms with van der Waals surface area (Å²) >= 11 is 5.88. The Morgan fingerprint density at radius 2 is 1.94 bits per heavy atom. The van der Waals surface area contributed by atoms with E-state index in [1.165, 1.54) is 6.07 Å². The first kappa shape index (κ1) is 12.6. The second kappa shape index (κ2) is 5.61. The number of rotatable bonds is 5. The largest absolute Gasteiger partial charge is 0.493 e. The Kier molecular flexibility index (Phi) is 4.43. The Morgan fingerprint density at radius 3 is 2.44 bits per heavy atom. The van der Waals surface area contributed by atoms with E-state index in [0.717, 1.165) is 0 Å². The highest BCUT2D eigenvalue weighted by Gasteiger charge is 2.20. The minimum absolute atomic E-state index is 0.0313. The molecule has 1 aromatic rings. The maximum absolute atomic E-state index is 11.1. The van der Waals surface area contributed by atoms with Gasteiger partial charge in [0.25, 0.3) is 0 Å². The average molecular weight is 245 g/mol. The fourth-order valence-corrected chi connectivity index (χ4v) is 1.51. The van der Waals surface area contributed by atoms with Crippen molar-refractivity contribution >= 4 is 17.6 Å². The molecule has 0 amide bonds. The van der Waals surface area contributed by atoms with Crippen molar-refractivity contribution in [1.29, 1.82) is 0 Å². The number of benzene rings is 1. The van der Waals surface area contributed by atoms with Gasteiger partial charge in [0.1, 0.15) is 11.3 Å². The van der Waals surface area contributed by atoms with Crippen LogP contribution in [0, 0.1) is 0 Å². The van der Waals surface area contributed by atoms with Crippen LogP contribution in [0.25, 0.3) is 0 Å². The number of hydrogen-bond acceptors (Lipinski definition) is 3. The first-order valence-electron chi connectivity index (χ1n) is 4.93. The van der Waals surface area contributed by atoms with Gasteiger partial charge < -0.3 is 14.6 Å². The molecule has 0 fully saturated rings. The van der Waals surface area contributed by atoms with Crippen LogP contribution in [0.2, 0.25) is 5.02 Å². The molecule has 0 radical (unpaired) electrons. The Balaban J connectivity index is 3.31. The molecule has 0 bridgehead atoms. The summed E-state index contributed by atoms with van der Waals surface area (Å²) in [4.78, 5) is 11.1. The summed E-state index contributed by atoms with van der Waals surface area (Å²) in [5.41, 5.74) is -0.0313. The summed E-state index contributed by atoms with van der Waals surface area (Å²) in [7, 11) is 0. The summed E-state index contributed by atoms with van der Waals surface area (Å²) in [5, 5.41) is 9.37. The summed E-state index contributed by atoms with van der Waals surface area (Å²) < 4.78 is 10.4. The zero-order valence-electron chi connectivity index (χ0n) is 9.12. The van der Waals surface area contributed by atoms with E-state index >= 15 is 0 Å². The SMILES string of the molecule is CCOc1ccc(Cl)c(OCC)c1C(=O)O. The zero-order chi connectivity index (χ0) is 12.1. The third-order valence-electron chi connectivity index (χ3n) is 1.87. The maximum atomic E-state index is 11.1. The van der Waals surface area contributed by atoms with Crippen molar-refractivity contribution in [2.75, 3.05) is 13.2 Å². The lowest BCUT2D eigenvalue weighted by atomic mass is 10.1. The number of ether oxygens (including phenoxy) is 2. The van der Waals surface area contributed by atoms with Crippen LogP contribution < -0.4 is 9.47 Å². The minimum atomic E-state index is -1.12.